The molecule has 116 valence electrons. The smallest absolute Gasteiger partial charge is 0.319 e. The van der Waals surface area contributed by atoms with Crippen molar-refractivity contribution in [3.05, 3.63) is 65.2 Å². The zero-order chi connectivity index (χ0) is 15.9. The molecule has 4 nitrogen and oxygen atoms in total. The van der Waals surface area contributed by atoms with Gasteiger partial charge in [0.05, 0.1) is 6.04 Å². The number of carbonyl (C=O) groups excluding carboxylic acids is 1. The Hall–Kier alpha value is -2.04. The zero-order valence-corrected chi connectivity index (χ0v) is 13.5. The van der Waals surface area contributed by atoms with Gasteiger partial charge in [-0.25, -0.2) is 4.79 Å². The van der Waals surface area contributed by atoms with Gasteiger partial charge in [0.2, 0.25) is 0 Å². The van der Waals surface area contributed by atoms with Crippen LogP contribution < -0.4 is 10.6 Å². The van der Waals surface area contributed by atoms with Crippen LogP contribution in [0.3, 0.4) is 0 Å². The van der Waals surface area contributed by atoms with E-state index in [0.717, 1.165) is 5.56 Å². The number of rotatable bonds is 5. The van der Waals surface area contributed by atoms with Crippen molar-refractivity contribution in [3.63, 3.8) is 0 Å². The van der Waals surface area contributed by atoms with Gasteiger partial charge in [-0.1, -0.05) is 48.0 Å². The Labute approximate surface area is 136 Å². The second-order valence-corrected chi connectivity index (χ2v) is 5.67. The SMILES string of the molecule is CN(C)[C@@H](CNC(=O)Nc1cccc(Cl)c1)c1ccccc1. The molecule has 0 spiro atoms. The van der Waals surface area contributed by atoms with Gasteiger partial charge in [-0.2, -0.15) is 0 Å². The lowest BCUT2D eigenvalue weighted by Gasteiger charge is -2.25. The maximum Gasteiger partial charge on any atom is 0.319 e. The minimum Gasteiger partial charge on any atom is -0.336 e. The van der Waals surface area contributed by atoms with Crippen molar-refractivity contribution in [2.24, 2.45) is 0 Å². The molecular weight excluding hydrogens is 298 g/mol. The van der Waals surface area contributed by atoms with Crippen molar-refractivity contribution in [2.45, 2.75) is 6.04 Å². The van der Waals surface area contributed by atoms with Gasteiger partial charge in [0.25, 0.3) is 0 Å². The van der Waals surface area contributed by atoms with Crippen LogP contribution in [0.2, 0.25) is 5.02 Å². The molecule has 0 fully saturated rings. The first-order valence-corrected chi connectivity index (χ1v) is 7.46. The Balaban J connectivity index is 1.94. The van der Waals surface area contributed by atoms with E-state index >= 15 is 0 Å². The molecule has 0 aliphatic heterocycles. The summed E-state index contributed by atoms with van der Waals surface area (Å²) in [6, 6.07) is 17.0. The number of hydrogen-bond donors (Lipinski definition) is 2. The number of carbonyl (C=O) groups is 1. The summed E-state index contributed by atoms with van der Waals surface area (Å²) in [5, 5.41) is 6.26. The van der Waals surface area contributed by atoms with E-state index in [-0.39, 0.29) is 12.1 Å². The molecule has 0 aliphatic rings. The summed E-state index contributed by atoms with van der Waals surface area (Å²) >= 11 is 5.90. The van der Waals surface area contributed by atoms with Gasteiger partial charge >= 0.3 is 6.03 Å². The van der Waals surface area contributed by atoms with E-state index in [1.807, 2.05) is 32.3 Å². The molecule has 2 aromatic carbocycles. The van der Waals surface area contributed by atoms with Gasteiger partial charge in [-0.3, -0.25) is 0 Å². The van der Waals surface area contributed by atoms with E-state index in [2.05, 4.69) is 27.7 Å². The molecule has 22 heavy (non-hydrogen) atoms. The van der Waals surface area contributed by atoms with Crippen LogP contribution in [0.1, 0.15) is 11.6 Å². The maximum atomic E-state index is 12.0. The minimum atomic E-state index is -0.245. The van der Waals surface area contributed by atoms with Crippen LogP contribution in [0.15, 0.2) is 54.6 Å². The molecule has 0 saturated heterocycles. The standard InChI is InChI=1S/C17H20ClN3O/c1-21(2)16(13-7-4-3-5-8-13)12-19-17(22)20-15-10-6-9-14(18)11-15/h3-11,16H,12H2,1-2H3,(H2,19,20,22)/t16-/m0/s1. The average molecular weight is 318 g/mol. The lowest BCUT2D eigenvalue weighted by atomic mass is 10.1. The van der Waals surface area contributed by atoms with Crippen molar-refractivity contribution in [1.82, 2.24) is 10.2 Å². The van der Waals surface area contributed by atoms with E-state index in [4.69, 9.17) is 11.6 Å². The van der Waals surface area contributed by atoms with Gasteiger partial charge in [-0.05, 0) is 37.9 Å². The third kappa shape index (κ3) is 4.76. The molecular formula is C17H20ClN3O. The molecule has 0 unspecified atom stereocenters. The van der Waals surface area contributed by atoms with Crippen molar-refractivity contribution >= 4 is 23.3 Å². The average Bonchev–Trinajstić information content (AvgIpc) is 2.48. The lowest BCUT2D eigenvalue weighted by Crippen LogP contribution is -2.36. The van der Waals surface area contributed by atoms with Crippen LogP contribution in [0.25, 0.3) is 0 Å². The van der Waals surface area contributed by atoms with Crippen molar-refractivity contribution < 1.29 is 4.79 Å². The van der Waals surface area contributed by atoms with Crippen LogP contribution >= 0.6 is 11.6 Å². The molecule has 0 saturated carbocycles. The van der Waals surface area contributed by atoms with Gasteiger partial charge in [-0.15, -0.1) is 0 Å². The van der Waals surface area contributed by atoms with Gasteiger partial charge in [0.1, 0.15) is 0 Å². The first-order valence-electron chi connectivity index (χ1n) is 7.08. The maximum absolute atomic E-state index is 12.0. The first-order chi connectivity index (χ1) is 10.6. The number of halogens is 1. The summed E-state index contributed by atoms with van der Waals surface area (Å²) < 4.78 is 0. The highest BCUT2D eigenvalue weighted by Crippen LogP contribution is 2.17. The third-order valence-corrected chi connectivity index (χ3v) is 3.58. The van der Waals surface area contributed by atoms with E-state index in [1.54, 1.807) is 24.3 Å². The number of urea groups is 1. The normalized spacial score (nSPS) is 12.0. The third-order valence-electron chi connectivity index (χ3n) is 3.35. The van der Waals surface area contributed by atoms with E-state index < -0.39 is 0 Å². The summed E-state index contributed by atoms with van der Waals surface area (Å²) in [5.41, 5.74) is 1.83. The largest absolute Gasteiger partial charge is 0.336 e. The number of nitrogens with zero attached hydrogens (tertiary/aromatic N) is 1. The molecule has 2 rings (SSSR count). The number of benzene rings is 2. The predicted octanol–water partition coefficient (Wildman–Crippen LogP) is 3.76. The molecule has 5 heteroatoms. The predicted molar refractivity (Wildman–Crippen MR) is 91.3 cm³/mol. The fraction of sp³-hybridized carbons (Fsp3) is 0.235. The minimum absolute atomic E-state index is 0.117. The monoisotopic (exact) mass is 317 g/mol. The van der Waals surface area contributed by atoms with Crippen molar-refractivity contribution in [2.75, 3.05) is 26.0 Å². The van der Waals surface area contributed by atoms with Crippen molar-refractivity contribution in [1.29, 1.82) is 0 Å². The summed E-state index contributed by atoms with van der Waals surface area (Å²) in [6.07, 6.45) is 0. The second-order valence-electron chi connectivity index (χ2n) is 5.24. The number of amides is 2. The van der Waals surface area contributed by atoms with Crippen LogP contribution in [0.4, 0.5) is 10.5 Å². The van der Waals surface area contributed by atoms with Gasteiger partial charge in [0.15, 0.2) is 0 Å². The van der Waals surface area contributed by atoms with Crippen LogP contribution in [-0.2, 0) is 0 Å². The fourth-order valence-electron chi connectivity index (χ4n) is 2.20. The first kappa shape index (κ1) is 16.3. The van der Waals surface area contributed by atoms with Crippen LogP contribution in [0.5, 0.6) is 0 Å². The number of likely N-dealkylation sites (N-methyl/N-ethyl adjacent to an activating group) is 1. The molecule has 0 aliphatic carbocycles. The highest BCUT2D eigenvalue weighted by Gasteiger charge is 2.14. The molecule has 0 radical (unpaired) electrons. The zero-order valence-electron chi connectivity index (χ0n) is 12.7. The number of nitrogens with one attached hydrogen (secondary N) is 2. The van der Waals surface area contributed by atoms with Gasteiger partial charge in [0, 0.05) is 17.3 Å². The van der Waals surface area contributed by atoms with E-state index in [1.165, 1.54) is 0 Å². The Morgan fingerprint density at radius 2 is 1.86 bits per heavy atom. The molecule has 1 atom stereocenters. The summed E-state index contributed by atoms with van der Waals surface area (Å²) in [6.45, 7) is 0.517. The molecule has 2 N–H and O–H groups in total. The Morgan fingerprint density at radius 1 is 1.14 bits per heavy atom. The summed E-state index contributed by atoms with van der Waals surface area (Å²) in [4.78, 5) is 14.1. The Kier molecular flexibility index (Phi) is 5.81. The number of hydrogen-bond acceptors (Lipinski definition) is 2. The fourth-order valence-corrected chi connectivity index (χ4v) is 2.39. The van der Waals surface area contributed by atoms with Crippen molar-refractivity contribution in [3.8, 4) is 0 Å². The Morgan fingerprint density at radius 3 is 2.50 bits per heavy atom. The molecule has 2 amide bonds. The number of anilines is 1. The lowest BCUT2D eigenvalue weighted by molar-refractivity contribution is 0.243. The molecule has 2 aromatic rings. The van der Waals surface area contributed by atoms with Crippen LogP contribution in [0, 0.1) is 0 Å². The van der Waals surface area contributed by atoms with E-state index in [9.17, 15) is 4.79 Å². The highest BCUT2D eigenvalue weighted by molar-refractivity contribution is 6.30. The topological polar surface area (TPSA) is 44.4 Å². The second kappa shape index (κ2) is 7.82. The van der Waals surface area contributed by atoms with E-state index in [0.29, 0.717) is 17.3 Å². The van der Waals surface area contributed by atoms with Gasteiger partial charge < -0.3 is 15.5 Å². The Bertz CT molecular complexity index is 616. The molecule has 0 aromatic heterocycles. The summed E-state index contributed by atoms with van der Waals surface area (Å²) in [5.74, 6) is 0. The van der Waals surface area contributed by atoms with Crippen LogP contribution in [-0.4, -0.2) is 31.6 Å². The molecule has 0 heterocycles. The highest BCUT2D eigenvalue weighted by atomic mass is 35.5. The quantitative estimate of drug-likeness (QED) is 0.881. The summed E-state index contributed by atoms with van der Waals surface area (Å²) in [7, 11) is 3.99. The molecule has 0 bridgehead atoms.